The second-order valence-corrected chi connectivity index (χ2v) is 15.8. The lowest BCUT2D eigenvalue weighted by Crippen LogP contribution is -1.98. The number of nitro groups is 2. The molecule has 0 bridgehead atoms. The summed E-state index contributed by atoms with van der Waals surface area (Å²) in [6.07, 6.45) is 0. The Hall–Kier alpha value is -5.02. The molecule has 6 N–H and O–H groups in total. The number of nitrogens with two attached hydrogens (primary N) is 3. The van der Waals surface area contributed by atoms with Crippen LogP contribution in [0.4, 0.5) is 28.4 Å². The van der Waals surface area contributed by atoms with Gasteiger partial charge in [0.15, 0.2) is 4.34 Å². The number of hydrogen-bond acceptors (Lipinski definition) is 11. The third kappa shape index (κ3) is 8.62. The summed E-state index contributed by atoms with van der Waals surface area (Å²) in [5, 5.41) is 24.3. The van der Waals surface area contributed by atoms with Gasteiger partial charge in [-0.3, -0.25) is 20.2 Å². The first-order valence-corrected chi connectivity index (χ1v) is 18.9. The summed E-state index contributed by atoms with van der Waals surface area (Å²) >= 11 is 22.5. The molecular weight excluding hydrogens is 795 g/mol. The second-order valence-electron chi connectivity index (χ2n) is 11.1. The van der Waals surface area contributed by atoms with Crippen LogP contribution in [-0.4, -0.2) is 14.8 Å². The highest BCUT2D eigenvalue weighted by Gasteiger charge is 2.22. The number of anilines is 3. The zero-order valence-electron chi connectivity index (χ0n) is 27.0. The fraction of sp³-hybridized carbons (Fsp3) is 0. The first kappa shape index (κ1) is 37.7. The summed E-state index contributed by atoms with van der Waals surface area (Å²) in [6, 6.07) is 32.8. The number of thiazole rings is 1. The Kier molecular flexibility index (Phi) is 11.6. The molecule has 0 aliphatic rings. The van der Waals surface area contributed by atoms with E-state index in [1.807, 2.05) is 30.3 Å². The van der Waals surface area contributed by atoms with Crippen LogP contribution in [0.1, 0.15) is 0 Å². The highest BCUT2D eigenvalue weighted by Crippen LogP contribution is 2.45. The molecule has 10 nitrogen and oxygen atoms in total. The van der Waals surface area contributed by atoms with Crippen molar-refractivity contribution < 1.29 is 9.85 Å². The highest BCUT2D eigenvalue weighted by atomic mass is 35.5. The smallest absolute Gasteiger partial charge is 0.278 e. The molecule has 6 aromatic carbocycles. The molecule has 0 unspecified atom stereocenters. The maximum atomic E-state index is 11.6. The average molecular weight is 820 g/mol. The molecule has 0 saturated heterocycles. The quantitative estimate of drug-likeness (QED) is 0.0759. The number of hydrogen-bond donors (Lipinski definition) is 3. The number of nitrogens with zero attached hydrogens (tertiary/aromatic N) is 3. The van der Waals surface area contributed by atoms with Crippen LogP contribution in [-0.2, 0) is 0 Å². The van der Waals surface area contributed by atoms with Gasteiger partial charge in [0, 0.05) is 53.7 Å². The summed E-state index contributed by atoms with van der Waals surface area (Å²) in [6.45, 7) is 0. The molecule has 266 valence electrons. The first-order valence-electron chi connectivity index (χ1n) is 15.3. The van der Waals surface area contributed by atoms with E-state index >= 15 is 0 Å². The predicted molar refractivity (Wildman–Crippen MR) is 220 cm³/mol. The van der Waals surface area contributed by atoms with E-state index in [1.54, 1.807) is 89.8 Å². The van der Waals surface area contributed by atoms with E-state index in [-0.39, 0.29) is 21.4 Å². The van der Waals surface area contributed by atoms with Crippen molar-refractivity contribution >= 4 is 108 Å². The topological polar surface area (TPSA) is 177 Å². The van der Waals surface area contributed by atoms with Crippen LogP contribution in [0.3, 0.4) is 0 Å². The summed E-state index contributed by atoms with van der Waals surface area (Å²) in [5.74, 6) is 0. The Morgan fingerprint density at radius 3 is 1.64 bits per heavy atom. The Morgan fingerprint density at radius 1 is 0.585 bits per heavy atom. The summed E-state index contributed by atoms with van der Waals surface area (Å²) in [5.41, 5.74) is 22.2. The summed E-state index contributed by atoms with van der Waals surface area (Å²) < 4.78 is 2.18. The van der Waals surface area contributed by atoms with Gasteiger partial charge in [-0.1, -0.05) is 94.7 Å². The predicted octanol–water partition coefficient (Wildman–Crippen LogP) is 12.1. The second kappa shape index (κ2) is 16.3. The third-order valence-electron chi connectivity index (χ3n) is 7.67. The van der Waals surface area contributed by atoms with E-state index in [2.05, 4.69) is 11.1 Å². The maximum absolute atomic E-state index is 11.6. The Balaban J connectivity index is 0.000000222. The van der Waals surface area contributed by atoms with Crippen LogP contribution in [0.15, 0.2) is 134 Å². The number of nitro benzene ring substituents is 2. The lowest BCUT2D eigenvalue weighted by molar-refractivity contribution is -0.384. The number of benzene rings is 6. The van der Waals surface area contributed by atoms with Gasteiger partial charge < -0.3 is 17.2 Å². The highest BCUT2D eigenvalue weighted by molar-refractivity contribution is 8.01. The number of rotatable bonds is 8. The van der Waals surface area contributed by atoms with Crippen LogP contribution in [0.5, 0.6) is 0 Å². The third-order valence-corrected chi connectivity index (χ3v) is 11.9. The van der Waals surface area contributed by atoms with Crippen molar-refractivity contribution in [1.29, 1.82) is 0 Å². The lowest BCUT2D eigenvalue weighted by Gasteiger charge is -2.14. The Morgan fingerprint density at radius 2 is 1.13 bits per heavy atom. The number of fused-ring (bicyclic) bond motifs is 1. The molecule has 0 radical (unpaired) electrons. The fourth-order valence-corrected chi connectivity index (χ4v) is 8.84. The zero-order valence-corrected chi connectivity index (χ0v) is 31.8. The largest absolute Gasteiger partial charge is 0.399 e. The van der Waals surface area contributed by atoms with Gasteiger partial charge in [-0.2, -0.15) is 0 Å². The van der Waals surface area contributed by atoms with Gasteiger partial charge in [0.2, 0.25) is 0 Å². The Bertz CT molecular complexity index is 2390. The SMILES string of the molecule is Nc1c(Sc2cccc(-c3ccc(Cl)cc3[N+](=O)[O-])c2N)cccc1-c1ccc(Cl)cc1[N+](=O)[O-].Nc1ccc(Sc2nc3ccccc3s2)c(Cl)c1. The number of para-hydroxylation sites is 3. The minimum Gasteiger partial charge on any atom is -0.399 e. The van der Waals surface area contributed by atoms with Crippen molar-refractivity contribution in [3.63, 3.8) is 0 Å². The minimum atomic E-state index is -0.513. The molecule has 1 aromatic heterocycles. The van der Waals surface area contributed by atoms with Crippen LogP contribution in [0.25, 0.3) is 32.5 Å². The van der Waals surface area contributed by atoms with Gasteiger partial charge in [-0.05, 0) is 66.7 Å². The molecule has 16 heteroatoms. The molecule has 53 heavy (non-hydrogen) atoms. The van der Waals surface area contributed by atoms with E-state index in [4.69, 9.17) is 52.0 Å². The van der Waals surface area contributed by atoms with Crippen molar-refractivity contribution in [2.45, 2.75) is 19.0 Å². The van der Waals surface area contributed by atoms with Gasteiger partial charge >= 0.3 is 0 Å². The molecule has 0 spiro atoms. The van der Waals surface area contributed by atoms with Gasteiger partial charge in [-0.25, -0.2) is 4.98 Å². The van der Waals surface area contributed by atoms with Crippen molar-refractivity contribution in [1.82, 2.24) is 4.98 Å². The molecule has 7 rings (SSSR count). The van der Waals surface area contributed by atoms with Crippen LogP contribution < -0.4 is 17.2 Å². The average Bonchev–Trinajstić information content (AvgIpc) is 3.54. The normalized spacial score (nSPS) is 10.8. The van der Waals surface area contributed by atoms with E-state index < -0.39 is 9.85 Å². The molecule has 0 atom stereocenters. The van der Waals surface area contributed by atoms with E-state index in [0.717, 1.165) is 14.8 Å². The molecule has 0 amide bonds. The van der Waals surface area contributed by atoms with Crippen LogP contribution in [0.2, 0.25) is 15.1 Å². The van der Waals surface area contributed by atoms with Gasteiger partial charge in [0.05, 0.1) is 47.6 Å². The molecule has 1 heterocycles. The van der Waals surface area contributed by atoms with Gasteiger partial charge in [0.25, 0.3) is 11.4 Å². The first-order chi connectivity index (χ1) is 25.4. The molecule has 0 aliphatic heterocycles. The Labute approximate surface area is 330 Å². The maximum Gasteiger partial charge on any atom is 0.278 e. The van der Waals surface area contributed by atoms with E-state index in [0.29, 0.717) is 54.1 Å². The lowest BCUT2D eigenvalue weighted by atomic mass is 10.0. The summed E-state index contributed by atoms with van der Waals surface area (Å²) in [4.78, 5) is 28.9. The molecule has 0 saturated carbocycles. The number of aromatic nitrogens is 1. The minimum absolute atomic E-state index is 0.164. The monoisotopic (exact) mass is 818 g/mol. The molecule has 0 fully saturated rings. The molecule has 0 aliphatic carbocycles. The van der Waals surface area contributed by atoms with Crippen LogP contribution in [0, 0.1) is 20.2 Å². The van der Waals surface area contributed by atoms with Crippen LogP contribution >= 0.6 is 69.7 Å². The number of nitrogen functional groups attached to an aromatic ring is 3. The van der Waals surface area contributed by atoms with Gasteiger partial charge in [0.1, 0.15) is 0 Å². The number of halogens is 3. The van der Waals surface area contributed by atoms with Crippen molar-refractivity contribution in [2.24, 2.45) is 0 Å². The molecule has 7 aromatic rings. The van der Waals surface area contributed by atoms with Crippen molar-refractivity contribution in [3.8, 4) is 22.3 Å². The van der Waals surface area contributed by atoms with E-state index in [9.17, 15) is 20.2 Å². The summed E-state index contributed by atoms with van der Waals surface area (Å²) in [7, 11) is 0. The molecular formula is C37H25Cl3N6O4S3. The van der Waals surface area contributed by atoms with E-state index in [1.165, 1.54) is 28.6 Å². The van der Waals surface area contributed by atoms with Gasteiger partial charge in [-0.15, -0.1) is 11.3 Å². The van der Waals surface area contributed by atoms with Crippen molar-refractivity contribution in [3.05, 3.63) is 151 Å². The fourth-order valence-electron chi connectivity index (χ4n) is 5.21. The standard InChI is InChI=1S/C24H16Cl2N4O4S.C13H9ClN2S2/c25-13-7-9-15(19(11-13)29(31)32)17-3-1-5-21(23(17)27)35-22-6-2-4-18(24(22)28)16-10-8-14(26)12-20(16)30(33)34;14-9-7-8(15)5-6-11(9)17-13-16-10-3-1-2-4-12(10)18-13/h1-12H,27-28H2;1-7H,15H2. The van der Waals surface area contributed by atoms with Crippen molar-refractivity contribution in [2.75, 3.05) is 17.2 Å². The zero-order chi connectivity index (χ0) is 37.8.